The number of nitrogens with one attached hydrogen (secondary N) is 2. The number of nitrogens with zero attached hydrogens (tertiary/aromatic N) is 2. The van der Waals surface area contributed by atoms with E-state index >= 15 is 0 Å². The molecule has 1 heterocycles. The van der Waals surface area contributed by atoms with E-state index in [1.165, 1.54) is 12.1 Å². The number of aliphatic imine (C=N–C) groups is 1. The van der Waals surface area contributed by atoms with Crippen molar-refractivity contribution in [2.45, 2.75) is 25.8 Å². The van der Waals surface area contributed by atoms with Gasteiger partial charge in [0.05, 0.1) is 13.2 Å². The number of hydrogen-bond acceptors (Lipinski definition) is 4. The van der Waals surface area contributed by atoms with Gasteiger partial charge in [-0.15, -0.1) is 0 Å². The number of amides is 1. The van der Waals surface area contributed by atoms with Gasteiger partial charge in [0.1, 0.15) is 18.2 Å². The molecule has 0 saturated carbocycles. The summed E-state index contributed by atoms with van der Waals surface area (Å²) in [5.41, 5.74) is 0. The largest absolute Gasteiger partial charge is 0.492 e. The molecule has 1 aromatic rings. The first-order chi connectivity index (χ1) is 12.6. The highest BCUT2D eigenvalue weighted by molar-refractivity contribution is 5.80. The molecule has 1 aliphatic rings. The molecule has 2 rings (SSSR count). The smallest absolute Gasteiger partial charge is 0.409 e. The number of guanidine groups is 1. The average Bonchev–Trinajstić information content (AvgIpc) is 2.65. The standard InChI is InChI=1S/C18H27FN4O3/c1-3-25-18(24)23-10-7-15(8-11-23)22-17(20-2)21-9-12-26-16-6-4-5-14(19)13-16/h4-6,13,15H,3,7-12H2,1-2H3,(H2,20,21,22). The number of benzene rings is 1. The monoisotopic (exact) mass is 366 g/mol. The number of carbonyl (C=O) groups is 1. The summed E-state index contributed by atoms with van der Waals surface area (Å²) in [6, 6.07) is 6.31. The highest BCUT2D eigenvalue weighted by Crippen LogP contribution is 2.12. The van der Waals surface area contributed by atoms with Crippen molar-refractivity contribution in [1.29, 1.82) is 0 Å². The van der Waals surface area contributed by atoms with Gasteiger partial charge in [-0.1, -0.05) is 6.07 Å². The highest BCUT2D eigenvalue weighted by Gasteiger charge is 2.23. The summed E-state index contributed by atoms with van der Waals surface area (Å²) >= 11 is 0. The van der Waals surface area contributed by atoms with Crippen molar-refractivity contribution < 1.29 is 18.7 Å². The number of hydrogen-bond donors (Lipinski definition) is 2. The lowest BCUT2D eigenvalue weighted by Crippen LogP contribution is -2.50. The summed E-state index contributed by atoms with van der Waals surface area (Å²) < 4.78 is 23.6. The number of ether oxygens (including phenoxy) is 2. The molecule has 0 aromatic heterocycles. The number of halogens is 1. The van der Waals surface area contributed by atoms with Gasteiger partial charge in [0.25, 0.3) is 0 Å². The molecule has 1 amide bonds. The third kappa shape index (κ3) is 6.42. The molecule has 1 fully saturated rings. The van der Waals surface area contributed by atoms with Crippen molar-refractivity contribution in [3.63, 3.8) is 0 Å². The molecule has 0 atom stereocenters. The molecule has 144 valence electrons. The third-order valence-corrected chi connectivity index (χ3v) is 4.04. The summed E-state index contributed by atoms with van der Waals surface area (Å²) in [5.74, 6) is 0.866. The molecule has 8 heteroatoms. The summed E-state index contributed by atoms with van der Waals surface area (Å²) in [6.45, 7) is 4.46. The first-order valence-electron chi connectivity index (χ1n) is 8.89. The molecule has 0 aliphatic carbocycles. The average molecular weight is 366 g/mol. The van der Waals surface area contributed by atoms with Crippen molar-refractivity contribution in [2.75, 3.05) is 39.9 Å². The Morgan fingerprint density at radius 2 is 2.15 bits per heavy atom. The Morgan fingerprint density at radius 1 is 1.38 bits per heavy atom. The van der Waals surface area contributed by atoms with Gasteiger partial charge < -0.3 is 25.0 Å². The lowest BCUT2D eigenvalue weighted by Gasteiger charge is -2.32. The van der Waals surface area contributed by atoms with E-state index < -0.39 is 0 Å². The third-order valence-electron chi connectivity index (χ3n) is 4.04. The van der Waals surface area contributed by atoms with Crippen LogP contribution in [0, 0.1) is 5.82 Å². The van der Waals surface area contributed by atoms with Gasteiger partial charge in [-0.3, -0.25) is 4.99 Å². The van der Waals surface area contributed by atoms with Crippen molar-refractivity contribution >= 4 is 12.1 Å². The van der Waals surface area contributed by atoms with Crippen molar-refractivity contribution in [1.82, 2.24) is 15.5 Å². The lowest BCUT2D eigenvalue weighted by molar-refractivity contribution is 0.0963. The molecule has 2 N–H and O–H groups in total. The van der Waals surface area contributed by atoms with Gasteiger partial charge in [-0.2, -0.15) is 0 Å². The van der Waals surface area contributed by atoms with Crippen LogP contribution in [0.4, 0.5) is 9.18 Å². The molecule has 0 spiro atoms. The quantitative estimate of drug-likeness (QED) is 0.458. The second-order valence-corrected chi connectivity index (χ2v) is 5.91. The van der Waals surface area contributed by atoms with Crippen molar-refractivity contribution in [3.8, 4) is 5.75 Å². The Balaban J connectivity index is 1.66. The summed E-state index contributed by atoms with van der Waals surface area (Å²) in [7, 11) is 1.70. The first kappa shape index (κ1) is 19.8. The van der Waals surface area contributed by atoms with Crippen LogP contribution in [0.3, 0.4) is 0 Å². The van der Waals surface area contributed by atoms with Crippen molar-refractivity contribution in [2.24, 2.45) is 4.99 Å². The second kappa shape index (κ2) is 10.5. The fourth-order valence-electron chi connectivity index (χ4n) is 2.70. The van der Waals surface area contributed by atoms with E-state index in [1.807, 2.05) is 0 Å². The van der Waals surface area contributed by atoms with Gasteiger partial charge in [0.15, 0.2) is 5.96 Å². The number of likely N-dealkylation sites (tertiary alicyclic amines) is 1. The number of carbonyl (C=O) groups excluding carboxylic acids is 1. The van der Waals surface area contributed by atoms with E-state index in [-0.39, 0.29) is 18.0 Å². The summed E-state index contributed by atoms with van der Waals surface area (Å²) in [5, 5.41) is 6.52. The van der Waals surface area contributed by atoms with Crippen LogP contribution in [-0.2, 0) is 4.74 Å². The minimum Gasteiger partial charge on any atom is -0.492 e. The van der Waals surface area contributed by atoms with Gasteiger partial charge >= 0.3 is 6.09 Å². The zero-order valence-corrected chi connectivity index (χ0v) is 15.3. The fourth-order valence-corrected chi connectivity index (χ4v) is 2.70. The maximum atomic E-state index is 13.1. The Bertz CT molecular complexity index is 604. The maximum Gasteiger partial charge on any atom is 0.409 e. The topological polar surface area (TPSA) is 75.2 Å². The first-order valence-corrected chi connectivity index (χ1v) is 8.89. The van der Waals surface area contributed by atoms with Gasteiger partial charge in [0.2, 0.25) is 0 Å². The Labute approximate surface area is 153 Å². The molecule has 26 heavy (non-hydrogen) atoms. The minimum atomic E-state index is -0.318. The Hall–Kier alpha value is -2.51. The highest BCUT2D eigenvalue weighted by atomic mass is 19.1. The van der Waals surface area contributed by atoms with E-state index in [9.17, 15) is 9.18 Å². The SMILES string of the molecule is CCOC(=O)N1CCC(NC(=NC)NCCOc2cccc(F)c2)CC1. The van der Waals surface area contributed by atoms with Crippen LogP contribution in [0.15, 0.2) is 29.3 Å². The number of piperidine rings is 1. The van der Waals surface area contributed by atoms with E-state index in [2.05, 4.69) is 15.6 Å². The maximum absolute atomic E-state index is 13.1. The number of rotatable bonds is 6. The fraction of sp³-hybridized carbons (Fsp3) is 0.556. The van der Waals surface area contributed by atoms with Crippen LogP contribution >= 0.6 is 0 Å². The van der Waals surface area contributed by atoms with Crippen LogP contribution in [0.2, 0.25) is 0 Å². The van der Waals surface area contributed by atoms with Gasteiger partial charge in [-0.25, -0.2) is 9.18 Å². The van der Waals surface area contributed by atoms with Gasteiger partial charge in [-0.05, 0) is 31.9 Å². The van der Waals surface area contributed by atoms with Crippen LogP contribution in [-0.4, -0.2) is 62.9 Å². The predicted molar refractivity (Wildman–Crippen MR) is 98.0 cm³/mol. The molecular weight excluding hydrogens is 339 g/mol. The summed E-state index contributed by atoms with van der Waals surface area (Å²) in [6.07, 6.45) is 1.42. The zero-order chi connectivity index (χ0) is 18.8. The van der Waals surface area contributed by atoms with E-state index in [0.717, 1.165) is 12.8 Å². The Morgan fingerprint density at radius 3 is 2.81 bits per heavy atom. The zero-order valence-electron chi connectivity index (χ0n) is 15.3. The lowest BCUT2D eigenvalue weighted by atomic mass is 10.1. The minimum absolute atomic E-state index is 0.246. The molecule has 0 bridgehead atoms. The van der Waals surface area contributed by atoms with Crippen LogP contribution in [0.1, 0.15) is 19.8 Å². The van der Waals surface area contributed by atoms with Gasteiger partial charge in [0, 0.05) is 32.2 Å². The predicted octanol–water partition coefficient (Wildman–Crippen LogP) is 1.99. The van der Waals surface area contributed by atoms with Crippen LogP contribution in [0.5, 0.6) is 5.75 Å². The Kier molecular flexibility index (Phi) is 7.98. The van der Waals surface area contributed by atoms with Crippen molar-refractivity contribution in [3.05, 3.63) is 30.1 Å². The second-order valence-electron chi connectivity index (χ2n) is 5.91. The molecule has 1 aromatic carbocycles. The molecule has 0 radical (unpaired) electrons. The molecular formula is C18H27FN4O3. The molecule has 1 aliphatic heterocycles. The normalized spacial score (nSPS) is 15.5. The van der Waals surface area contributed by atoms with E-state index in [4.69, 9.17) is 9.47 Å². The van der Waals surface area contributed by atoms with Crippen LogP contribution < -0.4 is 15.4 Å². The van der Waals surface area contributed by atoms with E-state index in [0.29, 0.717) is 44.6 Å². The van der Waals surface area contributed by atoms with Crippen LogP contribution in [0.25, 0.3) is 0 Å². The summed E-state index contributed by atoms with van der Waals surface area (Å²) in [4.78, 5) is 17.6. The van der Waals surface area contributed by atoms with E-state index in [1.54, 1.807) is 31.0 Å². The molecule has 1 saturated heterocycles. The molecule has 7 nitrogen and oxygen atoms in total. The molecule has 0 unspecified atom stereocenters.